The molecular weight excluding hydrogens is 208 g/mol. The van der Waals surface area contributed by atoms with Gasteiger partial charge >= 0.3 is 0 Å². The molecule has 2 atom stereocenters. The summed E-state index contributed by atoms with van der Waals surface area (Å²) in [5.41, 5.74) is 0. The topological polar surface area (TPSA) is 15.3 Å². The molecule has 2 heteroatoms. The summed E-state index contributed by atoms with van der Waals surface area (Å²) in [6.45, 7) is 2.37. The first-order chi connectivity index (χ1) is 8.26. The SMILES string of the molecule is CCC1CCCC1N(C)C1CCC(NC)CC1. The average Bonchev–Trinajstić information content (AvgIpc) is 2.86. The van der Waals surface area contributed by atoms with Crippen LogP contribution < -0.4 is 5.32 Å². The maximum atomic E-state index is 3.43. The quantitative estimate of drug-likeness (QED) is 0.810. The summed E-state index contributed by atoms with van der Waals surface area (Å²) in [7, 11) is 4.50. The number of hydrogen-bond acceptors (Lipinski definition) is 2. The fourth-order valence-corrected chi connectivity index (χ4v) is 4.07. The molecule has 0 radical (unpaired) electrons. The Morgan fingerprint density at radius 1 is 1.06 bits per heavy atom. The van der Waals surface area contributed by atoms with E-state index in [9.17, 15) is 0 Å². The second-order valence-corrected chi connectivity index (χ2v) is 6.13. The molecule has 2 rings (SSSR count). The Kier molecular flexibility index (Phi) is 4.87. The van der Waals surface area contributed by atoms with Gasteiger partial charge in [0.15, 0.2) is 0 Å². The minimum Gasteiger partial charge on any atom is -0.317 e. The summed E-state index contributed by atoms with van der Waals surface area (Å²) in [6.07, 6.45) is 11.3. The zero-order chi connectivity index (χ0) is 12.3. The smallest absolute Gasteiger partial charge is 0.0123 e. The van der Waals surface area contributed by atoms with Crippen molar-refractivity contribution in [3.05, 3.63) is 0 Å². The first-order valence-corrected chi connectivity index (χ1v) is 7.65. The molecule has 0 spiro atoms. The van der Waals surface area contributed by atoms with Crippen molar-refractivity contribution in [2.75, 3.05) is 14.1 Å². The van der Waals surface area contributed by atoms with E-state index >= 15 is 0 Å². The molecule has 2 fully saturated rings. The summed E-state index contributed by atoms with van der Waals surface area (Å²) in [4.78, 5) is 2.74. The van der Waals surface area contributed by atoms with E-state index in [1.807, 2.05) is 0 Å². The zero-order valence-electron chi connectivity index (χ0n) is 11.9. The van der Waals surface area contributed by atoms with Gasteiger partial charge in [0.05, 0.1) is 0 Å². The van der Waals surface area contributed by atoms with E-state index < -0.39 is 0 Å². The van der Waals surface area contributed by atoms with E-state index in [1.54, 1.807) is 0 Å². The lowest BCUT2D eigenvalue weighted by molar-refractivity contribution is 0.103. The second kappa shape index (κ2) is 6.19. The van der Waals surface area contributed by atoms with Gasteiger partial charge in [0.25, 0.3) is 0 Å². The van der Waals surface area contributed by atoms with Crippen LogP contribution in [0.15, 0.2) is 0 Å². The van der Waals surface area contributed by atoms with Crippen molar-refractivity contribution in [2.24, 2.45) is 5.92 Å². The second-order valence-electron chi connectivity index (χ2n) is 6.13. The highest BCUT2D eigenvalue weighted by Crippen LogP contribution is 2.35. The molecule has 2 aliphatic carbocycles. The van der Waals surface area contributed by atoms with E-state index in [1.165, 1.54) is 51.4 Å². The molecule has 17 heavy (non-hydrogen) atoms. The van der Waals surface area contributed by atoms with Crippen LogP contribution in [0.4, 0.5) is 0 Å². The Labute approximate surface area is 107 Å². The summed E-state index contributed by atoms with van der Waals surface area (Å²) >= 11 is 0. The van der Waals surface area contributed by atoms with E-state index in [0.717, 1.165) is 24.0 Å². The summed E-state index contributed by atoms with van der Waals surface area (Å²) in [6, 6.07) is 2.53. The molecule has 1 N–H and O–H groups in total. The minimum absolute atomic E-state index is 0.783. The predicted molar refractivity (Wildman–Crippen MR) is 74.3 cm³/mol. The highest BCUT2D eigenvalue weighted by Gasteiger charge is 2.33. The predicted octanol–water partition coefficient (Wildman–Crippen LogP) is 3.03. The Bertz CT molecular complexity index is 221. The van der Waals surface area contributed by atoms with Crippen molar-refractivity contribution in [2.45, 2.75) is 76.4 Å². The third-order valence-electron chi connectivity index (χ3n) is 5.35. The summed E-state index contributed by atoms with van der Waals surface area (Å²) < 4.78 is 0. The van der Waals surface area contributed by atoms with Crippen LogP contribution in [-0.2, 0) is 0 Å². The normalized spacial score (nSPS) is 38.8. The largest absolute Gasteiger partial charge is 0.317 e. The van der Waals surface area contributed by atoms with Crippen molar-refractivity contribution in [1.82, 2.24) is 10.2 Å². The highest BCUT2D eigenvalue weighted by molar-refractivity contribution is 4.89. The van der Waals surface area contributed by atoms with Crippen molar-refractivity contribution in [3.63, 3.8) is 0 Å². The molecule has 2 saturated carbocycles. The van der Waals surface area contributed by atoms with Gasteiger partial charge in [-0.15, -0.1) is 0 Å². The molecule has 0 aliphatic heterocycles. The van der Waals surface area contributed by atoms with Crippen molar-refractivity contribution >= 4 is 0 Å². The molecule has 2 nitrogen and oxygen atoms in total. The lowest BCUT2D eigenvalue weighted by Crippen LogP contribution is -2.45. The number of hydrogen-bond donors (Lipinski definition) is 1. The summed E-state index contributed by atoms with van der Waals surface area (Å²) in [5, 5.41) is 3.43. The van der Waals surface area contributed by atoms with Crippen LogP contribution in [0.5, 0.6) is 0 Å². The molecule has 2 unspecified atom stereocenters. The minimum atomic E-state index is 0.783. The maximum absolute atomic E-state index is 3.43. The number of nitrogens with zero attached hydrogens (tertiary/aromatic N) is 1. The van der Waals surface area contributed by atoms with Gasteiger partial charge in [0, 0.05) is 18.1 Å². The Morgan fingerprint density at radius 2 is 1.76 bits per heavy atom. The molecule has 100 valence electrons. The lowest BCUT2D eigenvalue weighted by atomic mass is 9.88. The van der Waals surface area contributed by atoms with Gasteiger partial charge in [-0.05, 0) is 58.5 Å². The van der Waals surface area contributed by atoms with Crippen LogP contribution in [0, 0.1) is 5.92 Å². The zero-order valence-corrected chi connectivity index (χ0v) is 11.9. The molecule has 0 amide bonds. The fraction of sp³-hybridized carbons (Fsp3) is 1.00. The van der Waals surface area contributed by atoms with Gasteiger partial charge < -0.3 is 10.2 Å². The van der Waals surface area contributed by atoms with Gasteiger partial charge in [-0.3, -0.25) is 0 Å². The molecule has 0 saturated heterocycles. The third kappa shape index (κ3) is 3.03. The van der Waals surface area contributed by atoms with E-state index in [4.69, 9.17) is 0 Å². The van der Waals surface area contributed by atoms with Crippen molar-refractivity contribution in [3.8, 4) is 0 Å². The first kappa shape index (κ1) is 13.4. The molecule has 0 aromatic carbocycles. The first-order valence-electron chi connectivity index (χ1n) is 7.65. The number of rotatable bonds is 4. The van der Waals surface area contributed by atoms with Gasteiger partial charge in [-0.25, -0.2) is 0 Å². The Morgan fingerprint density at radius 3 is 2.35 bits per heavy atom. The van der Waals surface area contributed by atoms with E-state index in [2.05, 4.69) is 31.2 Å². The molecule has 0 heterocycles. The van der Waals surface area contributed by atoms with Crippen LogP contribution in [0.3, 0.4) is 0 Å². The van der Waals surface area contributed by atoms with Gasteiger partial charge in [0.1, 0.15) is 0 Å². The van der Waals surface area contributed by atoms with Crippen LogP contribution in [0.1, 0.15) is 58.3 Å². The average molecular weight is 238 g/mol. The van der Waals surface area contributed by atoms with Gasteiger partial charge in [-0.2, -0.15) is 0 Å². The van der Waals surface area contributed by atoms with Crippen LogP contribution >= 0.6 is 0 Å². The molecule has 2 aliphatic rings. The molecule has 0 aromatic rings. The maximum Gasteiger partial charge on any atom is 0.0123 e. The van der Waals surface area contributed by atoms with Crippen molar-refractivity contribution < 1.29 is 0 Å². The van der Waals surface area contributed by atoms with Crippen LogP contribution in [0.2, 0.25) is 0 Å². The summed E-state index contributed by atoms with van der Waals surface area (Å²) in [5.74, 6) is 0.974. The monoisotopic (exact) mass is 238 g/mol. The van der Waals surface area contributed by atoms with Crippen LogP contribution in [-0.4, -0.2) is 37.1 Å². The number of nitrogens with one attached hydrogen (secondary N) is 1. The lowest BCUT2D eigenvalue weighted by Gasteiger charge is -2.40. The van der Waals surface area contributed by atoms with E-state index in [-0.39, 0.29) is 0 Å². The molecule has 0 bridgehead atoms. The van der Waals surface area contributed by atoms with Crippen LogP contribution in [0.25, 0.3) is 0 Å². The highest BCUT2D eigenvalue weighted by atomic mass is 15.2. The Hall–Kier alpha value is -0.0800. The molecular formula is C15H30N2. The third-order valence-corrected chi connectivity index (χ3v) is 5.35. The van der Waals surface area contributed by atoms with Crippen molar-refractivity contribution in [1.29, 1.82) is 0 Å². The fourth-order valence-electron chi connectivity index (χ4n) is 4.07. The van der Waals surface area contributed by atoms with Gasteiger partial charge in [0.2, 0.25) is 0 Å². The van der Waals surface area contributed by atoms with E-state index in [0.29, 0.717) is 0 Å². The van der Waals surface area contributed by atoms with Gasteiger partial charge in [-0.1, -0.05) is 19.8 Å². The standard InChI is InChI=1S/C15H30N2/c1-4-12-6-5-7-15(12)17(3)14-10-8-13(16-2)9-11-14/h12-16H,4-11H2,1-3H3. The Balaban J connectivity index is 1.85. The molecule has 0 aromatic heterocycles.